The van der Waals surface area contributed by atoms with E-state index < -0.39 is 12.0 Å². The lowest BCUT2D eigenvalue weighted by molar-refractivity contribution is -0.141. The van der Waals surface area contributed by atoms with Crippen LogP contribution in [0.2, 0.25) is 0 Å². The van der Waals surface area contributed by atoms with Crippen molar-refractivity contribution in [2.45, 2.75) is 38.8 Å². The topological polar surface area (TPSA) is 56.7 Å². The van der Waals surface area contributed by atoms with E-state index in [4.69, 9.17) is 0 Å². The van der Waals surface area contributed by atoms with Crippen LogP contribution in [-0.2, 0) is 11.3 Å². The first kappa shape index (κ1) is 17.6. The van der Waals surface area contributed by atoms with Crippen molar-refractivity contribution in [3.8, 4) is 0 Å². The van der Waals surface area contributed by atoms with Crippen molar-refractivity contribution >= 4 is 5.97 Å². The van der Waals surface area contributed by atoms with Gasteiger partial charge in [-0.3, -0.25) is 19.6 Å². The molecule has 0 bridgehead atoms. The third kappa shape index (κ3) is 5.77. The molecule has 5 heteroatoms. The Bertz CT molecular complexity index is 504. The number of unbranched alkanes of at least 4 members (excludes halogenated alkanes) is 1. The van der Waals surface area contributed by atoms with Crippen LogP contribution in [0, 0.1) is 0 Å². The molecular weight excluding hydrogens is 290 g/mol. The normalized spacial score (nSPS) is 18.8. The van der Waals surface area contributed by atoms with E-state index in [1.165, 1.54) is 5.56 Å². The van der Waals surface area contributed by atoms with Gasteiger partial charge in [-0.05, 0) is 37.1 Å². The number of hydrogen-bond donors (Lipinski definition) is 1. The second-order valence-electron chi connectivity index (χ2n) is 6.02. The second-order valence-corrected chi connectivity index (χ2v) is 6.02. The highest BCUT2D eigenvalue weighted by Gasteiger charge is 2.25. The summed E-state index contributed by atoms with van der Waals surface area (Å²) >= 11 is 0. The van der Waals surface area contributed by atoms with Crippen molar-refractivity contribution in [3.63, 3.8) is 0 Å². The van der Waals surface area contributed by atoms with E-state index in [0.29, 0.717) is 0 Å². The Morgan fingerprint density at radius 1 is 1.30 bits per heavy atom. The minimum atomic E-state index is -0.750. The molecule has 1 aromatic rings. The number of allylic oxidation sites excluding steroid dienone is 1. The summed E-state index contributed by atoms with van der Waals surface area (Å²) in [7, 11) is 0. The standard InChI is InChI=1S/C18H27N3O2/c1-2-3-4-6-17(18(22)23)21-12-5-11-20(13-14-21)15-16-7-9-19-10-8-16/h4,6-10,17H,2-3,5,11-15H2,1H3,(H,22,23)/b6-4+. The Hall–Kier alpha value is -1.72. The fraction of sp³-hybridized carbons (Fsp3) is 0.556. The van der Waals surface area contributed by atoms with E-state index in [-0.39, 0.29) is 0 Å². The van der Waals surface area contributed by atoms with Gasteiger partial charge >= 0.3 is 5.97 Å². The lowest BCUT2D eigenvalue weighted by Crippen LogP contribution is -2.42. The van der Waals surface area contributed by atoms with Crippen molar-refractivity contribution in [2.24, 2.45) is 0 Å². The van der Waals surface area contributed by atoms with Gasteiger partial charge in [0, 0.05) is 38.6 Å². The number of aromatic nitrogens is 1. The van der Waals surface area contributed by atoms with Crippen LogP contribution in [0.25, 0.3) is 0 Å². The maximum absolute atomic E-state index is 11.6. The van der Waals surface area contributed by atoms with Gasteiger partial charge in [0.05, 0.1) is 0 Å². The molecule has 2 rings (SSSR count). The molecule has 0 aliphatic carbocycles. The van der Waals surface area contributed by atoms with Crippen molar-refractivity contribution in [3.05, 3.63) is 42.2 Å². The summed E-state index contributed by atoms with van der Waals surface area (Å²) in [6.45, 7) is 6.53. The van der Waals surface area contributed by atoms with Gasteiger partial charge in [-0.2, -0.15) is 0 Å². The van der Waals surface area contributed by atoms with Crippen LogP contribution in [0.4, 0.5) is 0 Å². The molecular formula is C18H27N3O2. The summed E-state index contributed by atoms with van der Waals surface area (Å²) in [5.41, 5.74) is 1.26. The first-order chi connectivity index (χ1) is 11.2. The SMILES string of the molecule is CCC/C=C/C(C(=O)O)N1CCCN(Cc2ccncc2)CC1. The van der Waals surface area contributed by atoms with Gasteiger partial charge in [-0.1, -0.05) is 25.5 Å². The first-order valence-electron chi connectivity index (χ1n) is 8.45. The molecule has 0 radical (unpaired) electrons. The average molecular weight is 317 g/mol. The Labute approximate surface area is 138 Å². The maximum Gasteiger partial charge on any atom is 0.324 e. The quantitative estimate of drug-likeness (QED) is 0.783. The van der Waals surface area contributed by atoms with E-state index >= 15 is 0 Å². The molecule has 23 heavy (non-hydrogen) atoms. The fourth-order valence-electron chi connectivity index (χ4n) is 2.93. The third-order valence-electron chi connectivity index (χ3n) is 4.20. The molecule has 1 fully saturated rings. The summed E-state index contributed by atoms with van der Waals surface area (Å²) in [5.74, 6) is -0.750. The van der Waals surface area contributed by atoms with Crippen molar-refractivity contribution in [2.75, 3.05) is 26.2 Å². The van der Waals surface area contributed by atoms with Crippen LogP contribution in [0.5, 0.6) is 0 Å². The minimum absolute atomic E-state index is 0.498. The molecule has 1 saturated heterocycles. The van der Waals surface area contributed by atoms with Crippen LogP contribution in [-0.4, -0.2) is 58.1 Å². The Balaban J connectivity index is 1.92. The zero-order valence-electron chi connectivity index (χ0n) is 13.9. The smallest absolute Gasteiger partial charge is 0.324 e. The number of hydrogen-bond acceptors (Lipinski definition) is 4. The highest BCUT2D eigenvalue weighted by molar-refractivity contribution is 5.75. The molecule has 1 atom stereocenters. The number of nitrogens with zero attached hydrogens (tertiary/aromatic N) is 3. The van der Waals surface area contributed by atoms with Crippen LogP contribution < -0.4 is 0 Å². The van der Waals surface area contributed by atoms with Crippen LogP contribution in [0.15, 0.2) is 36.7 Å². The Kier molecular flexibility index (Phi) is 7.23. The Morgan fingerprint density at radius 2 is 2.09 bits per heavy atom. The summed E-state index contributed by atoms with van der Waals surface area (Å²) < 4.78 is 0. The number of pyridine rings is 1. The molecule has 1 aliphatic heterocycles. The lowest BCUT2D eigenvalue weighted by atomic mass is 10.2. The number of carboxylic acid groups (broad SMARTS) is 1. The molecule has 1 unspecified atom stereocenters. The number of aliphatic carboxylic acids is 1. The fourth-order valence-corrected chi connectivity index (χ4v) is 2.93. The summed E-state index contributed by atoms with van der Waals surface area (Å²) in [5, 5.41) is 9.50. The van der Waals surface area contributed by atoms with Gasteiger partial charge in [0.15, 0.2) is 0 Å². The molecule has 0 amide bonds. The van der Waals surface area contributed by atoms with Crippen LogP contribution in [0.1, 0.15) is 31.7 Å². The van der Waals surface area contributed by atoms with Crippen molar-refractivity contribution in [1.29, 1.82) is 0 Å². The lowest BCUT2D eigenvalue weighted by Gasteiger charge is -2.25. The largest absolute Gasteiger partial charge is 0.480 e. The van der Waals surface area contributed by atoms with Crippen LogP contribution in [0.3, 0.4) is 0 Å². The zero-order valence-corrected chi connectivity index (χ0v) is 13.9. The highest BCUT2D eigenvalue weighted by atomic mass is 16.4. The predicted molar refractivity (Wildman–Crippen MR) is 91.2 cm³/mol. The number of carboxylic acids is 1. The summed E-state index contributed by atoms with van der Waals surface area (Å²) in [6.07, 6.45) is 10.5. The summed E-state index contributed by atoms with van der Waals surface area (Å²) in [6, 6.07) is 3.58. The van der Waals surface area contributed by atoms with Gasteiger partial charge in [0.25, 0.3) is 0 Å². The molecule has 2 heterocycles. The number of rotatable bonds is 7. The van der Waals surface area contributed by atoms with Gasteiger partial charge < -0.3 is 5.11 Å². The van der Waals surface area contributed by atoms with E-state index in [1.807, 2.05) is 36.7 Å². The molecule has 5 nitrogen and oxygen atoms in total. The molecule has 1 N–H and O–H groups in total. The molecule has 126 valence electrons. The zero-order chi connectivity index (χ0) is 16.5. The van der Waals surface area contributed by atoms with E-state index in [9.17, 15) is 9.90 Å². The monoisotopic (exact) mass is 317 g/mol. The second kappa shape index (κ2) is 9.43. The van der Waals surface area contributed by atoms with Gasteiger partial charge in [-0.15, -0.1) is 0 Å². The number of carbonyl (C=O) groups is 1. The summed E-state index contributed by atoms with van der Waals surface area (Å²) in [4.78, 5) is 20.1. The van der Waals surface area contributed by atoms with Gasteiger partial charge in [0.2, 0.25) is 0 Å². The van der Waals surface area contributed by atoms with E-state index in [1.54, 1.807) is 0 Å². The highest BCUT2D eigenvalue weighted by Crippen LogP contribution is 2.12. The maximum atomic E-state index is 11.6. The van der Waals surface area contributed by atoms with Crippen molar-refractivity contribution in [1.82, 2.24) is 14.8 Å². The Morgan fingerprint density at radius 3 is 2.78 bits per heavy atom. The third-order valence-corrected chi connectivity index (χ3v) is 4.20. The van der Waals surface area contributed by atoms with Gasteiger partial charge in [0.1, 0.15) is 6.04 Å². The van der Waals surface area contributed by atoms with E-state index in [0.717, 1.165) is 52.0 Å². The van der Waals surface area contributed by atoms with E-state index in [2.05, 4.69) is 21.7 Å². The molecule has 0 spiro atoms. The molecule has 1 aliphatic rings. The molecule has 1 aromatic heterocycles. The van der Waals surface area contributed by atoms with Gasteiger partial charge in [-0.25, -0.2) is 0 Å². The van der Waals surface area contributed by atoms with Crippen molar-refractivity contribution < 1.29 is 9.90 Å². The first-order valence-corrected chi connectivity index (χ1v) is 8.45. The average Bonchev–Trinajstić information content (AvgIpc) is 2.78. The minimum Gasteiger partial charge on any atom is -0.480 e. The predicted octanol–water partition coefficient (Wildman–Crippen LogP) is 2.40. The molecule has 0 saturated carbocycles. The van der Waals surface area contributed by atoms with Crippen LogP contribution >= 0.6 is 0 Å². The molecule has 0 aromatic carbocycles.